The van der Waals surface area contributed by atoms with Crippen LogP contribution in [-0.4, -0.2) is 62.9 Å². The smallest absolute Gasteiger partial charge is 0.317 e. The van der Waals surface area contributed by atoms with E-state index in [9.17, 15) is 9.59 Å². The van der Waals surface area contributed by atoms with Crippen LogP contribution >= 0.6 is 0 Å². The molecular formula is C14H28N4O3. The van der Waals surface area contributed by atoms with Crippen molar-refractivity contribution in [3.8, 4) is 0 Å². The number of nitrogens with one attached hydrogen (secondary N) is 3. The number of rotatable bonds is 6. The molecule has 7 nitrogen and oxygen atoms in total. The Hall–Kier alpha value is -1.50. The number of hydrogen-bond donors (Lipinski definition) is 3. The standard InChI is InChI=1S/C14H28N4O3/c1-4-5-12(21-3)10-16-14(20)18-8-6-11(7-9-18)17-13(19)15-2/h11-12H,4-10H2,1-3H3,(H,16,20)(H2,15,17,19). The Morgan fingerprint density at radius 1 is 1.33 bits per heavy atom. The SMILES string of the molecule is CCCC(CNC(=O)N1CCC(NC(=O)NC)CC1)OC. The number of urea groups is 2. The lowest BCUT2D eigenvalue weighted by Gasteiger charge is -2.32. The molecule has 0 saturated carbocycles. The molecule has 4 amide bonds. The minimum atomic E-state index is -0.166. The maximum Gasteiger partial charge on any atom is 0.317 e. The Morgan fingerprint density at radius 2 is 2.00 bits per heavy atom. The Kier molecular flexibility index (Phi) is 7.89. The fourth-order valence-corrected chi connectivity index (χ4v) is 2.42. The van der Waals surface area contributed by atoms with E-state index in [1.165, 1.54) is 0 Å². The molecule has 1 aliphatic rings. The van der Waals surface area contributed by atoms with E-state index < -0.39 is 0 Å². The van der Waals surface area contributed by atoms with Crippen molar-refractivity contribution in [1.29, 1.82) is 0 Å². The van der Waals surface area contributed by atoms with E-state index in [-0.39, 0.29) is 24.2 Å². The summed E-state index contributed by atoms with van der Waals surface area (Å²) in [6.45, 7) is 3.95. The first-order valence-corrected chi connectivity index (χ1v) is 7.64. The van der Waals surface area contributed by atoms with Crippen molar-refractivity contribution in [2.75, 3.05) is 33.8 Å². The topological polar surface area (TPSA) is 82.7 Å². The van der Waals surface area contributed by atoms with Crippen LogP contribution in [0.15, 0.2) is 0 Å². The van der Waals surface area contributed by atoms with E-state index >= 15 is 0 Å². The van der Waals surface area contributed by atoms with Gasteiger partial charge in [0, 0.05) is 39.8 Å². The van der Waals surface area contributed by atoms with E-state index in [1.54, 1.807) is 19.1 Å². The molecule has 0 aromatic heterocycles. The molecule has 0 aromatic carbocycles. The Morgan fingerprint density at radius 3 is 2.52 bits per heavy atom. The lowest BCUT2D eigenvalue weighted by Crippen LogP contribution is -2.51. The summed E-state index contributed by atoms with van der Waals surface area (Å²) in [5, 5.41) is 8.33. The molecule has 1 saturated heterocycles. The minimum Gasteiger partial charge on any atom is -0.380 e. The van der Waals surface area contributed by atoms with Gasteiger partial charge in [-0.15, -0.1) is 0 Å². The molecule has 1 aliphatic heterocycles. The number of ether oxygens (including phenoxy) is 1. The molecular weight excluding hydrogens is 272 g/mol. The minimum absolute atomic E-state index is 0.0495. The first kappa shape index (κ1) is 17.6. The van der Waals surface area contributed by atoms with Crippen LogP contribution in [0.3, 0.4) is 0 Å². The summed E-state index contributed by atoms with van der Waals surface area (Å²) < 4.78 is 5.31. The van der Waals surface area contributed by atoms with Gasteiger partial charge in [0.2, 0.25) is 0 Å². The second kappa shape index (κ2) is 9.44. The number of amides is 4. The highest BCUT2D eigenvalue weighted by atomic mass is 16.5. The van der Waals surface area contributed by atoms with Crippen LogP contribution in [-0.2, 0) is 4.74 Å². The fraction of sp³-hybridized carbons (Fsp3) is 0.857. The second-order valence-electron chi connectivity index (χ2n) is 5.32. The molecule has 0 aromatic rings. The summed E-state index contributed by atoms with van der Waals surface area (Å²) in [6.07, 6.45) is 3.61. The highest BCUT2D eigenvalue weighted by molar-refractivity contribution is 5.75. The van der Waals surface area contributed by atoms with E-state index in [1.807, 2.05) is 0 Å². The van der Waals surface area contributed by atoms with Gasteiger partial charge in [0.1, 0.15) is 0 Å². The molecule has 7 heteroatoms. The van der Waals surface area contributed by atoms with Gasteiger partial charge in [-0.1, -0.05) is 13.3 Å². The molecule has 1 fully saturated rings. The zero-order chi connectivity index (χ0) is 15.7. The third-order valence-electron chi connectivity index (χ3n) is 3.77. The van der Waals surface area contributed by atoms with Gasteiger partial charge in [0.15, 0.2) is 0 Å². The number of piperidine rings is 1. The largest absolute Gasteiger partial charge is 0.380 e. The molecule has 0 spiro atoms. The lowest BCUT2D eigenvalue weighted by atomic mass is 10.1. The van der Waals surface area contributed by atoms with Crippen molar-refractivity contribution < 1.29 is 14.3 Å². The highest BCUT2D eigenvalue weighted by Crippen LogP contribution is 2.10. The quantitative estimate of drug-likeness (QED) is 0.682. The van der Waals surface area contributed by atoms with Crippen molar-refractivity contribution >= 4 is 12.1 Å². The van der Waals surface area contributed by atoms with Gasteiger partial charge in [0.25, 0.3) is 0 Å². The Labute approximate surface area is 126 Å². The molecule has 0 radical (unpaired) electrons. The van der Waals surface area contributed by atoms with Crippen molar-refractivity contribution in [3.63, 3.8) is 0 Å². The van der Waals surface area contributed by atoms with Crippen LogP contribution in [0, 0.1) is 0 Å². The van der Waals surface area contributed by atoms with Crippen LogP contribution < -0.4 is 16.0 Å². The van der Waals surface area contributed by atoms with Gasteiger partial charge in [-0.05, 0) is 19.3 Å². The maximum atomic E-state index is 12.1. The number of carbonyl (C=O) groups is 2. The summed E-state index contributed by atoms with van der Waals surface area (Å²) >= 11 is 0. The van der Waals surface area contributed by atoms with Crippen molar-refractivity contribution in [2.45, 2.75) is 44.8 Å². The summed E-state index contributed by atoms with van der Waals surface area (Å²) in [5.74, 6) is 0. The summed E-state index contributed by atoms with van der Waals surface area (Å²) in [7, 11) is 3.27. The molecule has 1 atom stereocenters. The van der Waals surface area contributed by atoms with Gasteiger partial charge in [-0.3, -0.25) is 0 Å². The van der Waals surface area contributed by atoms with Crippen molar-refractivity contribution in [3.05, 3.63) is 0 Å². The van der Waals surface area contributed by atoms with Gasteiger partial charge in [-0.25, -0.2) is 9.59 Å². The van der Waals surface area contributed by atoms with Crippen LogP contribution in [0.2, 0.25) is 0 Å². The van der Waals surface area contributed by atoms with Gasteiger partial charge in [0.05, 0.1) is 6.10 Å². The number of carbonyl (C=O) groups excluding carboxylic acids is 2. The summed E-state index contributed by atoms with van der Waals surface area (Å²) in [5.41, 5.74) is 0. The fourth-order valence-electron chi connectivity index (χ4n) is 2.42. The van der Waals surface area contributed by atoms with Crippen LogP contribution in [0.1, 0.15) is 32.6 Å². The third-order valence-corrected chi connectivity index (χ3v) is 3.77. The zero-order valence-electron chi connectivity index (χ0n) is 13.3. The molecule has 0 aliphatic carbocycles. The van der Waals surface area contributed by atoms with E-state index in [0.29, 0.717) is 19.6 Å². The number of nitrogens with zero attached hydrogens (tertiary/aromatic N) is 1. The van der Waals surface area contributed by atoms with E-state index in [4.69, 9.17) is 4.74 Å². The van der Waals surface area contributed by atoms with Crippen LogP contribution in [0.4, 0.5) is 9.59 Å². The third kappa shape index (κ3) is 6.20. The summed E-state index contributed by atoms with van der Waals surface area (Å²) in [4.78, 5) is 25.1. The number of methoxy groups -OCH3 is 1. The number of likely N-dealkylation sites (tertiary alicyclic amines) is 1. The molecule has 1 heterocycles. The zero-order valence-corrected chi connectivity index (χ0v) is 13.3. The van der Waals surface area contributed by atoms with Crippen LogP contribution in [0.5, 0.6) is 0 Å². The first-order valence-electron chi connectivity index (χ1n) is 7.64. The maximum absolute atomic E-state index is 12.1. The molecule has 21 heavy (non-hydrogen) atoms. The monoisotopic (exact) mass is 300 g/mol. The number of hydrogen-bond acceptors (Lipinski definition) is 3. The molecule has 1 rings (SSSR count). The molecule has 1 unspecified atom stereocenters. The normalized spacial score (nSPS) is 17.2. The Balaban J connectivity index is 2.26. The van der Waals surface area contributed by atoms with Crippen molar-refractivity contribution in [1.82, 2.24) is 20.9 Å². The average molecular weight is 300 g/mol. The van der Waals surface area contributed by atoms with Gasteiger partial charge < -0.3 is 25.6 Å². The summed E-state index contributed by atoms with van der Waals surface area (Å²) in [6, 6.07) is -0.0761. The van der Waals surface area contributed by atoms with Crippen LogP contribution in [0.25, 0.3) is 0 Å². The molecule has 3 N–H and O–H groups in total. The Bertz CT molecular complexity index is 330. The van der Waals surface area contributed by atoms with Gasteiger partial charge >= 0.3 is 12.1 Å². The van der Waals surface area contributed by atoms with E-state index in [0.717, 1.165) is 25.7 Å². The second-order valence-corrected chi connectivity index (χ2v) is 5.32. The van der Waals surface area contributed by atoms with Gasteiger partial charge in [-0.2, -0.15) is 0 Å². The van der Waals surface area contributed by atoms with E-state index in [2.05, 4.69) is 22.9 Å². The predicted octanol–water partition coefficient (Wildman–Crippen LogP) is 0.905. The first-order chi connectivity index (χ1) is 10.1. The highest BCUT2D eigenvalue weighted by Gasteiger charge is 2.23. The lowest BCUT2D eigenvalue weighted by molar-refractivity contribution is 0.0924. The predicted molar refractivity (Wildman–Crippen MR) is 81.3 cm³/mol. The van der Waals surface area contributed by atoms with Crippen molar-refractivity contribution in [2.24, 2.45) is 0 Å². The molecule has 0 bridgehead atoms. The average Bonchev–Trinajstić information content (AvgIpc) is 2.51. The molecule has 122 valence electrons.